The lowest BCUT2D eigenvalue weighted by molar-refractivity contribution is -0.119. The number of carbonyl (C=O) groups is 1. The zero-order chi connectivity index (χ0) is 7.23. The summed E-state index contributed by atoms with van der Waals surface area (Å²) in [6.07, 6.45) is 0. The van der Waals surface area contributed by atoms with Crippen LogP contribution in [0.25, 0.3) is 0 Å². The molecule has 0 aromatic carbocycles. The number of carbonyl (C=O) groups excluding carboxylic acids is 1. The van der Waals surface area contributed by atoms with Crippen molar-refractivity contribution >= 4 is 29.1 Å². The van der Waals surface area contributed by atoms with Gasteiger partial charge in [0.2, 0.25) is 5.91 Å². The van der Waals surface area contributed by atoms with Crippen LogP contribution in [0.3, 0.4) is 0 Å². The number of hydrogen-bond donors (Lipinski definition) is 1. The average Bonchev–Trinajstić information content (AvgIpc) is 2.07. The minimum Gasteiger partial charge on any atom is -0.369 e. The monoisotopic (exact) mass is 167 g/mol. The van der Waals surface area contributed by atoms with Gasteiger partial charge in [0.25, 0.3) is 0 Å². The van der Waals surface area contributed by atoms with Gasteiger partial charge in [-0.15, -0.1) is 23.2 Å². The smallest absolute Gasteiger partial charge is 0.223 e. The SMILES string of the molecule is C[C@@H]1[C@H](C(N)=O)C1(Cl)Cl. The van der Waals surface area contributed by atoms with Crippen molar-refractivity contribution in [1.29, 1.82) is 0 Å². The minimum atomic E-state index is -0.883. The van der Waals surface area contributed by atoms with Crippen LogP contribution in [0.5, 0.6) is 0 Å². The quantitative estimate of drug-likeness (QED) is 0.581. The number of halogens is 2. The lowest BCUT2D eigenvalue weighted by Crippen LogP contribution is -2.16. The lowest BCUT2D eigenvalue weighted by Gasteiger charge is -1.90. The summed E-state index contributed by atoms with van der Waals surface area (Å²) in [5.74, 6) is -0.744. The second kappa shape index (κ2) is 1.77. The molecule has 2 N–H and O–H groups in total. The Morgan fingerprint density at radius 3 is 2.00 bits per heavy atom. The zero-order valence-corrected chi connectivity index (χ0v) is 6.41. The van der Waals surface area contributed by atoms with E-state index in [1.54, 1.807) is 6.92 Å². The van der Waals surface area contributed by atoms with Crippen LogP contribution in [0.1, 0.15) is 6.92 Å². The van der Waals surface area contributed by atoms with Gasteiger partial charge in [-0.3, -0.25) is 4.79 Å². The predicted molar refractivity (Wildman–Crippen MR) is 36.3 cm³/mol. The lowest BCUT2D eigenvalue weighted by atomic mass is 10.3. The van der Waals surface area contributed by atoms with Crippen LogP contribution in [-0.2, 0) is 4.79 Å². The molecule has 2 atom stereocenters. The van der Waals surface area contributed by atoms with Crippen LogP contribution in [0.2, 0.25) is 0 Å². The summed E-state index contributed by atoms with van der Waals surface area (Å²) < 4.78 is -0.883. The molecule has 9 heavy (non-hydrogen) atoms. The Balaban J connectivity index is 2.62. The first-order valence-corrected chi connectivity index (χ1v) is 3.40. The van der Waals surface area contributed by atoms with E-state index in [0.717, 1.165) is 0 Å². The maximum atomic E-state index is 10.4. The highest BCUT2D eigenvalue weighted by molar-refractivity contribution is 6.52. The Labute approximate surface area is 63.3 Å². The molecule has 0 aliphatic heterocycles. The van der Waals surface area contributed by atoms with Crippen molar-refractivity contribution in [1.82, 2.24) is 0 Å². The number of primary amides is 1. The molecule has 1 saturated carbocycles. The first kappa shape index (κ1) is 7.16. The number of rotatable bonds is 1. The summed E-state index contributed by atoms with van der Waals surface area (Å²) in [6, 6.07) is 0. The van der Waals surface area contributed by atoms with E-state index in [0.29, 0.717) is 0 Å². The van der Waals surface area contributed by atoms with Crippen LogP contribution in [0.15, 0.2) is 0 Å². The van der Waals surface area contributed by atoms with E-state index in [1.807, 2.05) is 0 Å². The van der Waals surface area contributed by atoms with Gasteiger partial charge < -0.3 is 5.73 Å². The maximum absolute atomic E-state index is 10.4. The molecular formula is C5H7Cl2NO. The van der Waals surface area contributed by atoms with E-state index >= 15 is 0 Å². The van der Waals surface area contributed by atoms with Gasteiger partial charge in [0, 0.05) is 5.92 Å². The van der Waals surface area contributed by atoms with Crippen molar-refractivity contribution in [2.45, 2.75) is 11.3 Å². The highest BCUT2D eigenvalue weighted by atomic mass is 35.5. The molecular weight excluding hydrogens is 161 g/mol. The molecule has 1 amide bonds. The Morgan fingerprint density at radius 2 is 2.00 bits per heavy atom. The van der Waals surface area contributed by atoms with E-state index < -0.39 is 10.2 Å². The highest BCUT2D eigenvalue weighted by Crippen LogP contribution is 2.58. The molecule has 0 unspecified atom stereocenters. The second-order valence-corrected chi connectivity index (χ2v) is 3.79. The standard InChI is InChI=1S/C5H7Cl2NO/c1-2-3(4(8)9)5(2,6)7/h2-3H,1H3,(H2,8,9)/t2-,3-/m1/s1. The molecule has 2 nitrogen and oxygen atoms in total. The topological polar surface area (TPSA) is 43.1 Å². The Hall–Kier alpha value is 0.0500. The third-order valence-electron chi connectivity index (χ3n) is 1.72. The summed E-state index contributed by atoms with van der Waals surface area (Å²) in [7, 11) is 0. The predicted octanol–water partition coefficient (Wildman–Crippen LogP) is 0.911. The molecule has 0 aromatic heterocycles. The van der Waals surface area contributed by atoms with Gasteiger partial charge in [-0.05, 0) is 0 Å². The molecule has 0 radical (unpaired) electrons. The molecule has 0 aromatic rings. The zero-order valence-electron chi connectivity index (χ0n) is 4.90. The first-order valence-electron chi connectivity index (χ1n) is 2.65. The normalized spacial score (nSPS) is 38.1. The van der Waals surface area contributed by atoms with Gasteiger partial charge in [0.1, 0.15) is 4.33 Å². The summed E-state index contributed by atoms with van der Waals surface area (Å²) in [5, 5.41) is 0. The summed E-state index contributed by atoms with van der Waals surface area (Å²) in [6.45, 7) is 1.80. The van der Waals surface area contributed by atoms with Crippen LogP contribution in [-0.4, -0.2) is 10.2 Å². The molecule has 4 heteroatoms. The molecule has 1 aliphatic carbocycles. The van der Waals surface area contributed by atoms with Gasteiger partial charge in [0.05, 0.1) is 5.92 Å². The number of amides is 1. The third-order valence-corrected chi connectivity index (χ3v) is 2.88. The van der Waals surface area contributed by atoms with Crippen molar-refractivity contribution in [3.8, 4) is 0 Å². The Bertz CT molecular complexity index is 157. The second-order valence-electron chi connectivity index (χ2n) is 2.34. The molecule has 1 rings (SSSR count). The minimum absolute atomic E-state index is 0.0123. The number of alkyl halides is 2. The maximum Gasteiger partial charge on any atom is 0.223 e. The first-order chi connectivity index (χ1) is 3.98. The highest BCUT2D eigenvalue weighted by Gasteiger charge is 2.63. The van der Waals surface area contributed by atoms with Gasteiger partial charge in [-0.25, -0.2) is 0 Å². The van der Waals surface area contributed by atoms with Crippen molar-refractivity contribution in [3.63, 3.8) is 0 Å². The van der Waals surface area contributed by atoms with Crippen LogP contribution in [0, 0.1) is 11.8 Å². The molecule has 1 fully saturated rings. The summed E-state index contributed by atoms with van der Waals surface area (Å²) in [4.78, 5) is 10.4. The van der Waals surface area contributed by atoms with Crippen molar-refractivity contribution < 1.29 is 4.79 Å². The van der Waals surface area contributed by atoms with E-state index in [-0.39, 0.29) is 11.8 Å². The fourth-order valence-electron chi connectivity index (χ4n) is 0.916. The Morgan fingerprint density at radius 1 is 1.67 bits per heavy atom. The molecule has 0 saturated heterocycles. The van der Waals surface area contributed by atoms with E-state index in [1.165, 1.54) is 0 Å². The van der Waals surface area contributed by atoms with Crippen molar-refractivity contribution in [2.24, 2.45) is 17.6 Å². The van der Waals surface area contributed by atoms with Crippen molar-refractivity contribution in [2.75, 3.05) is 0 Å². The number of nitrogens with two attached hydrogens (primary N) is 1. The molecule has 52 valence electrons. The van der Waals surface area contributed by atoms with Gasteiger partial charge in [-0.2, -0.15) is 0 Å². The third kappa shape index (κ3) is 0.904. The van der Waals surface area contributed by atoms with E-state index in [2.05, 4.69) is 0 Å². The van der Waals surface area contributed by atoms with Gasteiger partial charge >= 0.3 is 0 Å². The Kier molecular flexibility index (Phi) is 1.41. The molecule has 0 bridgehead atoms. The number of hydrogen-bond acceptors (Lipinski definition) is 1. The van der Waals surface area contributed by atoms with Crippen LogP contribution >= 0.6 is 23.2 Å². The van der Waals surface area contributed by atoms with E-state index in [4.69, 9.17) is 28.9 Å². The van der Waals surface area contributed by atoms with Gasteiger partial charge in [-0.1, -0.05) is 6.92 Å². The largest absolute Gasteiger partial charge is 0.369 e. The van der Waals surface area contributed by atoms with Gasteiger partial charge in [0.15, 0.2) is 0 Å². The molecule has 0 spiro atoms. The van der Waals surface area contributed by atoms with Crippen LogP contribution in [0.4, 0.5) is 0 Å². The molecule has 1 aliphatic rings. The van der Waals surface area contributed by atoms with Crippen molar-refractivity contribution in [3.05, 3.63) is 0 Å². The summed E-state index contributed by atoms with van der Waals surface area (Å²) >= 11 is 11.2. The van der Waals surface area contributed by atoms with Crippen LogP contribution < -0.4 is 5.73 Å². The fourth-order valence-corrected chi connectivity index (χ4v) is 1.63. The summed E-state index contributed by atoms with van der Waals surface area (Å²) in [5.41, 5.74) is 4.96. The van der Waals surface area contributed by atoms with E-state index in [9.17, 15) is 4.79 Å². The molecule has 0 heterocycles. The average molecular weight is 168 g/mol. The fraction of sp³-hybridized carbons (Fsp3) is 0.800.